The largest absolute Gasteiger partial charge is 0.478 e. The summed E-state index contributed by atoms with van der Waals surface area (Å²) in [6, 6.07) is 10.1. The van der Waals surface area contributed by atoms with Crippen LogP contribution in [-0.2, 0) is 0 Å². The highest BCUT2D eigenvalue weighted by atomic mass is 16.4. The molecule has 0 unspecified atom stereocenters. The van der Waals surface area contributed by atoms with Gasteiger partial charge in [-0.1, -0.05) is 24.8 Å². The van der Waals surface area contributed by atoms with Gasteiger partial charge < -0.3 is 5.11 Å². The molecule has 5 heteroatoms. The molecule has 5 nitrogen and oxygen atoms in total. The van der Waals surface area contributed by atoms with E-state index in [1.807, 2.05) is 12.1 Å². The second-order valence-corrected chi connectivity index (χ2v) is 4.34. The third kappa shape index (κ3) is 1.68. The van der Waals surface area contributed by atoms with Gasteiger partial charge in [0.05, 0.1) is 11.3 Å². The molecule has 1 aliphatic heterocycles. The topological polar surface area (TPSA) is 70.5 Å². The third-order valence-corrected chi connectivity index (χ3v) is 3.17. The number of hydrogen-bond acceptors (Lipinski definition) is 3. The summed E-state index contributed by atoms with van der Waals surface area (Å²) < 4.78 is 0. The van der Waals surface area contributed by atoms with Gasteiger partial charge in [-0.15, -0.1) is 0 Å². The first-order valence-corrected chi connectivity index (χ1v) is 5.91. The van der Waals surface area contributed by atoms with Crippen LogP contribution in [0.15, 0.2) is 49.2 Å². The van der Waals surface area contributed by atoms with Gasteiger partial charge in [0.2, 0.25) is 0 Å². The lowest BCUT2D eigenvalue weighted by Crippen LogP contribution is -2.23. The maximum atomic E-state index is 12.3. The molecule has 0 spiro atoms. The van der Waals surface area contributed by atoms with E-state index in [2.05, 4.69) is 11.6 Å². The molecule has 0 aliphatic carbocycles. The molecular formula is C15H10N2O3. The van der Waals surface area contributed by atoms with Crippen LogP contribution in [0.1, 0.15) is 26.3 Å². The lowest BCUT2D eigenvalue weighted by Gasteiger charge is -2.16. The Morgan fingerprint density at radius 1 is 1.15 bits per heavy atom. The van der Waals surface area contributed by atoms with E-state index in [-0.39, 0.29) is 11.5 Å². The number of rotatable bonds is 2. The molecule has 1 aromatic heterocycles. The summed E-state index contributed by atoms with van der Waals surface area (Å²) >= 11 is 0. The summed E-state index contributed by atoms with van der Waals surface area (Å²) in [6.45, 7) is 3.91. The third-order valence-electron chi connectivity index (χ3n) is 3.17. The summed E-state index contributed by atoms with van der Waals surface area (Å²) in [4.78, 5) is 28.6. The van der Waals surface area contributed by atoms with Gasteiger partial charge in [-0.2, -0.15) is 0 Å². The average Bonchev–Trinajstić information content (AvgIpc) is 2.72. The molecule has 0 saturated heterocycles. The number of aromatic carboxylic acids is 1. The molecule has 1 aliphatic rings. The van der Waals surface area contributed by atoms with E-state index in [0.29, 0.717) is 17.1 Å². The number of nitrogens with zero attached hydrogens (tertiary/aromatic N) is 2. The second kappa shape index (κ2) is 4.31. The molecule has 3 rings (SSSR count). The Kier molecular flexibility index (Phi) is 2.61. The van der Waals surface area contributed by atoms with E-state index >= 15 is 0 Å². The molecule has 1 N–H and O–H groups in total. The van der Waals surface area contributed by atoms with Gasteiger partial charge in [-0.25, -0.2) is 9.78 Å². The van der Waals surface area contributed by atoms with Crippen molar-refractivity contribution in [2.45, 2.75) is 0 Å². The predicted molar refractivity (Wildman–Crippen MR) is 73.5 cm³/mol. The highest BCUT2D eigenvalue weighted by Gasteiger charge is 2.32. The summed E-state index contributed by atoms with van der Waals surface area (Å²) in [5.74, 6) is -0.902. The van der Waals surface area contributed by atoms with E-state index in [1.165, 1.54) is 23.2 Å². The molecule has 0 atom stereocenters. The number of carboxylic acids is 1. The first kappa shape index (κ1) is 12.1. The van der Waals surface area contributed by atoms with Gasteiger partial charge in [0.1, 0.15) is 5.82 Å². The molecule has 20 heavy (non-hydrogen) atoms. The Morgan fingerprint density at radius 3 is 2.40 bits per heavy atom. The van der Waals surface area contributed by atoms with Gasteiger partial charge in [-0.3, -0.25) is 9.69 Å². The van der Waals surface area contributed by atoms with E-state index in [1.54, 1.807) is 12.1 Å². The molecule has 2 heterocycles. The van der Waals surface area contributed by atoms with Crippen LogP contribution in [-0.4, -0.2) is 22.0 Å². The maximum absolute atomic E-state index is 12.3. The van der Waals surface area contributed by atoms with Gasteiger partial charge in [-0.05, 0) is 18.2 Å². The average molecular weight is 266 g/mol. The Balaban J connectivity index is 2.02. The van der Waals surface area contributed by atoms with Gasteiger partial charge in [0.15, 0.2) is 0 Å². The van der Waals surface area contributed by atoms with Crippen LogP contribution in [0.2, 0.25) is 0 Å². The highest BCUT2D eigenvalue weighted by molar-refractivity contribution is 6.21. The zero-order chi connectivity index (χ0) is 14.3. The van der Waals surface area contributed by atoms with E-state index in [0.717, 1.165) is 5.56 Å². The predicted octanol–water partition coefficient (Wildman–Crippen LogP) is 2.41. The number of aromatic nitrogens is 1. The lowest BCUT2D eigenvalue weighted by molar-refractivity contribution is 0.0696. The van der Waals surface area contributed by atoms with Gasteiger partial charge in [0, 0.05) is 17.3 Å². The minimum absolute atomic E-state index is 0.0727. The number of carbonyl (C=O) groups excluding carboxylic acids is 1. The second-order valence-electron chi connectivity index (χ2n) is 4.34. The van der Waals surface area contributed by atoms with Crippen LogP contribution >= 0.6 is 0 Å². The van der Waals surface area contributed by atoms with Crippen molar-refractivity contribution in [2.75, 3.05) is 4.90 Å². The summed E-state index contributed by atoms with van der Waals surface area (Å²) in [7, 11) is 0. The SMILES string of the molecule is C=C1c2ccccc2C(=O)N1c1ccc(C(=O)O)cn1. The van der Waals surface area contributed by atoms with E-state index in [4.69, 9.17) is 5.11 Å². The minimum atomic E-state index is -1.06. The molecule has 1 amide bonds. The van der Waals surface area contributed by atoms with Crippen molar-refractivity contribution in [3.63, 3.8) is 0 Å². The molecule has 0 fully saturated rings. The fourth-order valence-corrected chi connectivity index (χ4v) is 2.17. The first-order valence-electron chi connectivity index (χ1n) is 5.91. The maximum Gasteiger partial charge on any atom is 0.337 e. The fraction of sp³-hybridized carbons (Fsp3) is 0. The fourth-order valence-electron chi connectivity index (χ4n) is 2.17. The lowest BCUT2D eigenvalue weighted by atomic mass is 10.1. The summed E-state index contributed by atoms with van der Waals surface area (Å²) in [6.07, 6.45) is 1.22. The summed E-state index contributed by atoms with van der Waals surface area (Å²) in [5.41, 5.74) is 1.95. The number of pyridine rings is 1. The van der Waals surface area contributed by atoms with Crippen molar-refractivity contribution in [1.29, 1.82) is 0 Å². The number of amides is 1. The number of hydrogen-bond donors (Lipinski definition) is 1. The number of carboxylic acid groups (broad SMARTS) is 1. The number of benzene rings is 1. The molecule has 0 saturated carbocycles. The van der Waals surface area contributed by atoms with E-state index < -0.39 is 5.97 Å². The number of fused-ring (bicyclic) bond motifs is 1. The van der Waals surface area contributed by atoms with Crippen molar-refractivity contribution in [3.8, 4) is 0 Å². The van der Waals surface area contributed by atoms with Crippen LogP contribution < -0.4 is 4.90 Å². The quantitative estimate of drug-likeness (QED) is 0.906. The number of carbonyl (C=O) groups is 2. The normalized spacial score (nSPS) is 13.5. The van der Waals surface area contributed by atoms with Crippen LogP contribution in [0.5, 0.6) is 0 Å². The molecule has 98 valence electrons. The Labute approximate surface area is 114 Å². The number of anilines is 1. The van der Waals surface area contributed by atoms with Gasteiger partial charge >= 0.3 is 5.97 Å². The Hall–Kier alpha value is -2.95. The van der Waals surface area contributed by atoms with E-state index in [9.17, 15) is 9.59 Å². The molecule has 1 aromatic carbocycles. The standard InChI is InChI=1S/C15H10N2O3/c1-9-11-4-2-3-5-12(11)14(18)17(9)13-7-6-10(8-16-13)15(19)20/h2-8H,1H2,(H,19,20). The van der Waals surface area contributed by atoms with Crippen molar-refractivity contribution in [1.82, 2.24) is 4.98 Å². The van der Waals surface area contributed by atoms with Crippen LogP contribution in [0.25, 0.3) is 5.70 Å². The Bertz CT molecular complexity index is 700. The van der Waals surface area contributed by atoms with Crippen molar-refractivity contribution in [2.24, 2.45) is 0 Å². The van der Waals surface area contributed by atoms with Crippen LogP contribution in [0, 0.1) is 0 Å². The monoisotopic (exact) mass is 266 g/mol. The van der Waals surface area contributed by atoms with Crippen molar-refractivity contribution in [3.05, 3.63) is 65.9 Å². The highest BCUT2D eigenvalue weighted by Crippen LogP contribution is 2.34. The van der Waals surface area contributed by atoms with Crippen molar-refractivity contribution >= 4 is 23.4 Å². The van der Waals surface area contributed by atoms with Crippen LogP contribution in [0.3, 0.4) is 0 Å². The minimum Gasteiger partial charge on any atom is -0.478 e. The Morgan fingerprint density at radius 2 is 1.85 bits per heavy atom. The zero-order valence-corrected chi connectivity index (χ0v) is 10.4. The first-order chi connectivity index (χ1) is 9.59. The van der Waals surface area contributed by atoms with Crippen molar-refractivity contribution < 1.29 is 14.7 Å². The van der Waals surface area contributed by atoms with Crippen LogP contribution in [0.4, 0.5) is 5.82 Å². The summed E-state index contributed by atoms with van der Waals surface area (Å²) in [5, 5.41) is 8.85. The van der Waals surface area contributed by atoms with Gasteiger partial charge in [0.25, 0.3) is 5.91 Å². The molecule has 2 aromatic rings. The molecule has 0 radical (unpaired) electrons. The molecule has 0 bridgehead atoms. The zero-order valence-electron chi connectivity index (χ0n) is 10.4. The smallest absolute Gasteiger partial charge is 0.337 e. The molecular weight excluding hydrogens is 256 g/mol.